The Hall–Kier alpha value is -2.88. The molecule has 0 atom stereocenters. The number of imidazole rings is 1. The molecule has 26 heavy (non-hydrogen) atoms. The Kier molecular flexibility index (Phi) is 5.84. The second-order valence-electron chi connectivity index (χ2n) is 5.19. The number of carbonyl (C=O) groups excluding carboxylic acids is 1. The van der Waals surface area contributed by atoms with E-state index in [0.717, 1.165) is 16.6 Å². The third-order valence-electron chi connectivity index (χ3n) is 3.40. The first kappa shape index (κ1) is 17.9. The molecule has 0 bridgehead atoms. The molecule has 0 unspecified atom stereocenters. The van der Waals surface area contributed by atoms with Crippen molar-refractivity contribution in [2.75, 3.05) is 18.1 Å². The lowest BCUT2D eigenvalue weighted by Crippen LogP contribution is -2.19. The zero-order chi connectivity index (χ0) is 18.4. The van der Waals surface area contributed by atoms with Crippen LogP contribution in [0.4, 0.5) is 5.69 Å². The lowest BCUT2D eigenvalue weighted by molar-refractivity contribution is -0.118. The van der Waals surface area contributed by atoms with E-state index in [1.807, 2.05) is 24.3 Å². The standard InChI is InChI=1S/C17H17N5O3S/c1-25-22(24)13-8-6-12(7-9-13)10-18-21-16(23)11-26-17-19-14-4-2-3-5-15(14)20-17/h2-10,24H,11H2,1H3,(H,19,20)(H,21,23). The van der Waals surface area contributed by atoms with Gasteiger partial charge in [0.05, 0.1) is 35.8 Å². The van der Waals surface area contributed by atoms with Gasteiger partial charge >= 0.3 is 0 Å². The van der Waals surface area contributed by atoms with E-state index in [-0.39, 0.29) is 11.7 Å². The molecule has 8 nitrogen and oxygen atoms in total. The number of H-pyrrole nitrogens is 1. The fourth-order valence-corrected chi connectivity index (χ4v) is 2.81. The van der Waals surface area contributed by atoms with Gasteiger partial charge in [0.1, 0.15) is 0 Å². The van der Waals surface area contributed by atoms with Crippen molar-refractivity contribution in [3.8, 4) is 0 Å². The van der Waals surface area contributed by atoms with Gasteiger partial charge in [0.2, 0.25) is 0 Å². The van der Waals surface area contributed by atoms with Crippen molar-refractivity contribution in [1.29, 1.82) is 0 Å². The van der Waals surface area contributed by atoms with E-state index < -0.39 is 0 Å². The van der Waals surface area contributed by atoms with Gasteiger partial charge in [0.25, 0.3) is 5.91 Å². The van der Waals surface area contributed by atoms with Gasteiger partial charge in [0.15, 0.2) is 5.16 Å². The van der Waals surface area contributed by atoms with Gasteiger partial charge < -0.3 is 4.98 Å². The Morgan fingerprint density at radius 3 is 2.85 bits per heavy atom. The smallest absolute Gasteiger partial charge is 0.250 e. The molecule has 9 heteroatoms. The molecule has 134 valence electrons. The number of hydrazone groups is 1. The largest absolute Gasteiger partial charge is 0.333 e. The number of hydrogen-bond acceptors (Lipinski definition) is 7. The summed E-state index contributed by atoms with van der Waals surface area (Å²) in [6.45, 7) is 0. The van der Waals surface area contributed by atoms with Crippen LogP contribution in [0.3, 0.4) is 0 Å². The average Bonchev–Trinajstić information content (AvgIpc) is 3.09. The number of anilines is 1. The lowest BCUT2D eigenvalue weighted by atomic mass is 10.2. The van der Waals surface area contributed by atoms with Crippen molar-refractivity contribution in [3.05, 3.63) is 54.1 Å². The van der Waals surface area contributed by atoms with Crippen molar-refractivity contribution in [1.82, 2.24) is 15.4 Å². The summed E-state index contributed by atoms with van der Waals surface area (Å²) in [5.74, 6) is -0.0344. The maximum absolute atomic E-state index is 11.9. The number of thioether (sulfide) groups is 1. The predicted octanol–water partition coefficient (Wildman–Crippen LogP) is 2.56. The molecule has 2 aromatic carbocycles. The number of nitrogens with zero attached hydrogens (tertiary/aromatic N) is 3. The van der Waals surface area contributed by atoms with E-state index in [1.54, 1.807) is 24.3 Å². The van der Waals surface area contributed by atoms with Crippen molar-refractivity contribution in [2.24, 2.45) is 5.10 Å². The molecular formula is C17H17N5O3S. The summed E-state index contributed by atoms with van der Waals surface area (Å²) >= 11 is 1.31. The number of aromatic nitrogens is 2. The maximum Gasteiger partial charge on any atom is 0.250 e. The number of aromatic amines is 1. The minimum absolute atomic E-state index is 0.198. The number of benzene rings is 2. The van der Waals surface area contributed by atoms with Gasteiger partial charge in [-0.15, -0.1) is 5.23 Å². The fourth-order valence-electron chi connectivity index (χ4n) is 2.14. The molecule has 1 aromatic heterocycles. The predicted molar refractivity (Wildman–Crippen MR) is 100 cm³/mol. The Morgan fingerprint density at radius 2 is 2.12 bits per heavy atom. The molecule has 3 rings (SSSR count). The molecule has 0 aliphatic heterocycles. The van der Waals surface area contributed by atoms with Gasteiger partial charge in [0, 0.05) is 0 Å². The van der Waals surface area contributed by atoms with E-state index in [4.69, 9.17) is 0 Å². The number of carbonyl (C=O) groups is 1. The summed E-state index contributed by atoms with van der Waals surface area (Å²) in [5, 5.41) is 14.6. The normalized spacial score (nSPS) is 11.2. The first-order valence-electron chi connectivity index (χ1n) is 7.68. The van der Waals surface area contributed by atoms with Gasteiger partial charge in [-0.25, -0.2) is 10.4 Å². The van der Waals surface area contributed by atoms with Crippen LogP contribution >= 0.6 is 11.8 Å². The second-order valence-corrected chi connectivity index (χ2v) is 6.15. The summed E-state index contributed by atoms with van der Waals surface area (Å²) in [6.07, 6.45) is 1.52. The summed E-state index contributed by atoms with van der Waals surface area (Å²) in [7, 11) is 1.36. The highest BCUT2D eigenvalue weighted by Crippen LogP contribution is 2.18. The highest BCUT2D eigenvalue weighted by Gasteiger charge is 2.06. The Labute approximate surface area is 153 Å². The molecule has 0 aliphatic rings. The van der Waals surface area contributed by atoms with Crippen LogP contribution in [0.5, 0.6) is 0 Å². The van der Waals surface area contributed by atoms with Crippen LogP contribution in [-0.4, -0.2) is 40.2 Å². The summed E-state index contributed by atoms with van der Waals surface area (Å²) in [6, 6.07) is 14.5. The van der Waals surface area contributed by atoms with Crippen molar-refractivity contribution >= 4 is 40.6 Å². The number of fused-ring (bicyclic) bond motifs is 1. The van der Waals surface area contributed by atoms with E-state index in [0.29, 0.717) is 16.1 Å². The zero-order valence-corrected chi connectivity index (χ0v) is 14.7. The Balaban J connectivity index is 1.48. The molecule has 0 spiro atoms. The summed E-state index contributed by atoms with van der Waals surface area (Å²) in [4.78, 5) is 24.1. The maximum atomic E-state index is 11.9. The van der Waals surface area contributed by atoms with E-state index >= 15 is 0 Å². The van der Waals surface area contributed by atoms with Crippen LogP contribution in [0.2, 0.25) is 0 Å². The third kappa shape index (κ3) is 4.60. The number of rotatable bonds is 7. The number of amides is 1. The fraction of sp³-hybridized carbons (Fsp3) is 0.118. The summed E-state index contributed by atoms with van der Waals surface area (Å²) < 4.78 is 0. The monoisotopic (exact) mass is 371 g/mol. The molecule has 0 fully saturated rings. The minimum atomic E-state index is -0.232. The topological polar surface area (TPSA) is 103 Å². The number of nitrogens with one attached hydrogen (secondary N) is 2. The van der Waals surface area contributed by atoms with Crippen LogP contribution < -0.4 is 10.7 Å². The van der Waals surface area contributed by atoms with Crippen LogP contribution in [0.15, 0.2) is 58.8 Å². The van der Waals surface area contributed by atoms with Gasteiger partial charge in [-0.1, -0.05) is 36.0 Å². The third-order valence-corrected chi connectivity index (χ3v) is 4.27. The molecule has 3 aromatic rings. The van der Waals surface area contributed by atoms with Crippen molar-refractivity contribution in [2.45, 2.75) is 5.16 Å². The Morgan fingerprint density at radius 1 is 1.35 bits per heavy atom. The van der Waals surface area contributed by atoms with Crippen LogP contribution in [0.1, 0.15) is 5.56 Å². The molecular weight excluding hydrogens is 354 g/mol. The van der Waals surface area contributed by atoms with E-state index in [9.17, 15) is 10.0 Å². The van der Waals surface area contributed by atoms with E-state index in [1.165, 1.54) is 25.1 Å². The summed E-state index contributed by atoms with van der Waals surface area (Å²) in [5.41, 5.74) is 5.52. The second kappa shape index (κ2) is 8.48. The van der Waals surface area contributed by atoms with Crippen molar-refractivity contribution in [3.63, 3.8) is 0 Å². The molecule has 1 heterocycles. The molecule has 3 N–H and O–H groups in total. The van der Waals surface area contributed by atoms with Gasteiger partial charge in [-0.2, -0.15) is 5.10 Å². The SMILES string of the molecule is CON(O)c1ccc(C=NNC(=O)CSc2nc3ccccc3[nH]2)cc1. The Bertz CT molecular complexity index is 877. The van der Waals surface area contributed by atoms with Crippen molar-refractivity contribution < 1.29 is 14.8 Å². The lowest BCUT2D eigenvalue weighted by Gasteiger charge is -2.12. The van der Waals surface area contributed by atoms with Gasteiger partial charge in [-0.3, -0.25) is 14.8 Å². The van der Waals surface area contributed by atoms with Crippen LogP contribution in [0, 0.1) is 0 Å². The highest BCUT2D eigenvalue weighted by molar-refractivity contribution is 7.99. The van der Waals surface area contributed by atoms with Crippen LogP contribution in [0.25, 0.3) is 11.0 Å². The quantitative estimate of drug-likeness (QED) is 0.335. The average molecular weight is 371 g/mol. The molecule has 0 saturated heterocycles. The molecule has 0 radical (unpaired) electrons. The number of para-hydroxylation sites is 2. The zero-order valence-electron chi connectivity index (χ0n) is 13.9. The van der Waals surface area contributed by atoms with Crippen LogP contribution in [-0.2, 0) is 9.63 Å². The molecule has 1 amide bonds. The number of hydrogen-bond donors (Lipinski definition) is 3. The minimum Gasteiger partial charge on any atom is -0.333 e. The molecule has 0 saturated carbocycles. The van der Waals surface area contributed by atoms with E-state index in [2.05, 4.69) is 25.3 Å². The first-order valence-corrected chi connectivity index (χ1v) is 8.67. The molecule has 0 aliphatic carbocycles. The van der Waals surface area contributed by atoms with Gasteiger partial charge in [-0.05, 0) is 29.8 Å². The highest BCUT2D eigenvalue weighted by atomic mass is 32.2. The first-order chi connectivity index (χ1) is 12.7.